The Hall–Kier alpha value is -2.72. The molecule has 0 N–H and O–H groups in total. The molecule has 10 heteroatoms. The molecule has 1 fully saturated rings. The lowest BCUT2D eigenvalue weighted by Gasteiger charge is -2.34. The summed E-state index contributed by atoms with van der Waals surface area (Å²) < 4.78 is 65.4. The fraction of sp³-hybridized carbons (Fsp3) is 0.409. The molecular weight excluding hydrogens is 442 g/mol. The van der Waals surface area contributed by atoms with Crippen LogP contribution in [0.5, 0.6) is 11.5 Å². The van der Waals surface area contributed by atoms with E-state index in [2.05, 4.69) is 0 Å². The standard InChI is InChI=1S/C22H26F2N2O5S/c1-2-30-19-9-3-4-10-20(19)31-16-6-11-21(27)25-12-14-26(15-13-25)32(28,29)22-17(23)7-5-8-18(22)24/h3-5,7-10H,2,6,11-16H2,1H3. The first-order valence-electron chi connectivity index (χ1n) is 10.4. The van der Waals surface area contributed by atoms with Gasteiger partial charge in [0.2, 0.25) is 15.9 Å². The van der Waals surface area contributed by atoms with Crippen LogP contribution < -0.4 is 9.47 Å². The SMILES string of the molecule is CCOc1ccccc1OCCCC(=O)N1CCN(S(=O)(=O)c2c(F)cccc2F)CC1. The second kappa shape index (κ2) is 10.7. The van der Waals surface area contributed by atoms with Crippen LogP contribution in [0.2, 0.25) is 0 Å². The maximum Gasteiger partial charge on any atom is 0.249 e. The lowest BCUT2D eigenvalue weighted by atomic mass is 10.2. The summed E-state index contributed by atoms with van der Waals surface area (Å²) in [6.45, 7) is 2.98. The summed E-state index contributed by atoms with van der Waals surface area (Å²) in [7, 11) is -4.32. The summed E-state index contributed by atoms with van der Waals surface area (Å²) in [5.41, 5.74) is 0. The summed E-state index contributed by atoms with van der Waals surface area (Å²) in [6, 6.07) is 10.2. The van der Waals surface area contributed by atoms with Crippen LogP contribution in [-0.4, -0.2) is 62.9 Å². The number of carbonyl (C=O) groups excluding carboxylic acids is 1. The molecule has 0 aromatic heterocycles. The van der Waals surface area contributed by atoms with E-state index in [9.17, 15) is 22.0 Å². The predicted molar refractivity (Wildman–Crippen MR) is 114 cm³/mol. The van der Waals surface area contributed by atoms with Gasteiger partial charge >= 0.3 is 0 Å². The van der Waals surface area contributed by atoms with E-state index in [-0.39, 0.29) is 38.5 Å². The Balaban J connectivity index is 1.48. The number of hydrogen-bond donors (Lipinski definition) is 0. The molecule has 3 rings (SSSR count). The lowest BCUT2D eigenvalue weighted by molar-refractivity contribution is -0.132. The van der Waals surface area contributed by atoms with Gasteiger partial charge in [-0.3, -0.25) is 4.79 Å². The van der Waals surface area contributed by atoms with Gasteiger partial charge in [-0.2, -0.15) is 4.31 Å². The lowest BCUT2D eigenvalue weighted by Crippen LogP contribution is -2.50. The Labute approximate surface area is 186 Å². The van der Waals surface area contributed by atoms with Crippen molar-refractivity contribution in [1.82, 2.24) is 9.21 Å². The van der Waals surface area contributed by atoms with Gasteiger partial charge in [0.05, 0.1) is 13.2 Å². The van der Waals surface area contributed by atoms with E-state index < -0.39 is 26.6 Å². The van der Waals surface area contributed by atoms with Crippen molar-refractivity contribution in [3.05, 3.63) is 54.1 Å². The molecule has 1 aliphatic heterocycles. The van der Waals surface area contributed by atoms with Crippen LogP contribution in [-0.2, 0) is 14.8 Å². The van der Waals surface area contributed by atoms with Crippen molar-refractivity contribution in [3.63, 3.8) is 0 Å². The van der Waals surface area contributed by atoms with Gasteiger partial charge < -0.3 is 14.4 Å². The zero-order chi connectivity index (χ0) is 23.1. The maximum absolute atomic E-state index is 13.9. The van der Waals surface area contributed by atoms with E-state index in [0.29, 0.717) is 31.1 Å². The molecule has 0 radical (unpaired) electrons. The van der Waals surface area contributed by atoms with E-state index in [0.717, 1.165) is 22.5 Å². The summed E-state index contributed by atoms with van der Waals surface area (Å²) in [5, 5.41) is 0. The van der Waals surface area contributed by atoms with Crippen molar-refractivity contribution >= 4 is 15.9 Å². The molecule has 2 aromatic rings. The molecule has 0 bridgehead atoms. The van der Waals surface area contributed by atoms with Crippen molar-refractivity contribution < 1.29 is 31.5 Å². The molecule has 1 heterocycles. The van der Waals surface area contributed by atoms with Gasteiger partial charge in [-0.1, -0.05) is 18.2 Å². The smallest absolute Gasteiger partial charge is 0.249 e. The number of piperazine rings is 1. The van der Waals surface area contributed by atoms with Crippen LogP contribution in [0.25, 0.3) is 0 Å². The van der Waals surface area contributed by atoms with Crippen LogP contribution in [0, 0.1) is 11.6 Å². The van der Waals surface area contributed by atoms with Crippen LogP contribution in [0.3, 0.4) is 0 Å². The van der Waals surface area contributed by atoms with Crippen LogP contribution in [0.4, 0.5) is 8.78 Å². The summed E-state index contributed by atoms with van der Waals surface area (Å²) in [4.78, 5) is 13.1. The Morgan fingerprint density at radius 1 is 0.938 bits per heavy atom. The van der Waals surface area contributed by atoms with Crippen LogP contribution in [0.15, 0.2) is 47.4 Å². The first kappa shape index (κ1) is 23.9. The molecule has 1 aliphatic rings. The Kier molecular flexibility index (Phi) is 8.03. The fourth-order valence-corrected chi connectivity index (χ4v) is 4.97. The molecule has 0 aliphatic carbocycles. The third-order valence-corrected chi connectivity index (χ3v) is 7.00. The van der Waals surface area contributed by atoms with E-state index in [1.165, 1.54) is 0 Å². The highest BCUT2D eigenvalue weighted by atomic mass is 32.2. The van der Waals surface area contributed by atoms with Gasteiger partial charge in [-0.15, -0.1) is 0 Å². The highest BCUT2D eigenvalue weighted by Crippen LogP contribution is 2.27. The Morgan fingerprint density at radius 2 is 1.53 bits per heavy atom. The molecule has 0 unspecified atom stereocenters. The number of carbonyl (C=O) groups is 1. The number of rotatable bonds is 9. The molecule has 0 saturated carbocycles. The van der Waals surface area contributed by atoms with Crippen LogP contribution >= 0.6 is 0 Å². The molecule has 2 aromatic carbocycles. The van der Waals surface area contributed by atoms with Gasteiger partial charge in [-0.25, -0.2) is 17.2 Å². The molecule has 174 valence electrons. The van der Waals surface area contributed by atoms with Crippen molar-refractivity contribution in [2.45, 2.75) is 24.7 Å². The molecule has 0 spiro atoms. The number of nitrogens with zero attached hydrogens (tertiary/aromatic N) is 2. The van der Waals surface area contributed by atoms with E-state index in [1.54, 1.807) is 11.0 Å². The predicted octanol–water partition coefficient (Wildman–Crippen LogP) is 3.06. The summed E-state index contributed by atoms with van der Waals surface area (Å²) >= 11 is 0. The summed E-state index contributed by atoms with van der Waals surface area (Å²) in [5.74, 6) is -1.13. The fourth-order valence-electron chi connectivity index (χ4n) is 3.44. The number of amides is 1. The van der Waals surface area contributed by atoms with Crippen LogP contribution in [0.1, 0.15) is 19.8 Å². The molecule has 1 amide bonds. The third kappa shape index (κ3) is 5.55. The average Bonchev–Trinajstić information content (AvgIpc) is 2.77. The Morgan fingerprint density at radius 3 is 2.12 bits per heavy atom. The molecule has 7 nitrogen and oxygen atoms in total. The van der Waals surface area contributed by atoms with Gasteiger partial charge in [0.15, 0.2) is 16.4 Å². The number of halogens is 2. The normalized spacial score (nSPS) is 14.9. The quantitative estimate of drug-likeness (QED) is 0.529. The monoisotopic (exact) mass is 468 g/mol. The van der Waals surface area contributed by atoms with E-state index >= 15 is 0 Å². The highest BCUT2D eigenvalue weighted by Gasteiger charge is 2.33. The second-order valence-electron chi connectivity index (χ2n) is 7.17. The average molecular weight is 469 g/mol. The molecular formula is C22H26F2N2O5S. The first-order valence-corrected chi connectivity index (χ1v) is 11.8. The van der Waals surface area contributed by atoms with Crippen molar-refractivity contribution in [2.75, 3.05) is 39.4 Å². The minimum absolute atomic E-state index is 0.0277. The third-order valence-electron chi connectivity index (χ3n) is 5.05. The molecule has 1 saturated heterocycles. The van der Waals surface area contributed by atoms with Gasteiger partial charge in [-0.05, 0) is 37.6 Å². The zero-order valence-corrected chi connectivity index (χ0v) is 18.6. The van der Waals surface area contributed by atoms with E-state index in [4.69, 9.17) is 9.47 Å². The second-order valence-corrected chi connectivity index (χ2v) is 9.04. The molecule has 0 atom stereocenters. The number of para-hydroxylation sites is 2. The number of ether oxygens (including phenoxy) is 2. The zero-order valence-electron chi connectivity index (χ0n) is 17.8. The van der Waals surface area contributed by atoms with Gasteiger partial charge in [0.25, 0.3) is 0 Å². The summed E-state index contributed by atoms with van der Waals surface area (Å²) in [6.07, 6.45) is 0.726. The molecule has 32 heavy (non-hydrogen) atoms. The topological polar surface area (TPSA) is 76.2 Å². The van der Waals surface area contributed by atoms with E-state index in [1.807, 2.05) is 25.1 Å². The van der Waals surface area contributed by atoms with Gasteiger partial charge in [0, 0.05) is 32.6 Å². The largest absolute Gasteiger partial charge is 0.490 e. The number of benzene rings is 2. The highest BCUT2D eigenvalue weighted by molar-refractivity contribution is 7.89. The number of sulfonamides is 1. The minimum atomic E-state index is -4.32. The maximum atomic E-state index is 13.9. The Bertz CT molecular complexity index is 1020. The first-order chi connectivity index (χ1) is 15.3. The number of hydrogen-bond acceptors (Lipinski definition) is 5. The van der Waals surface area contributed by atoms with Crippen molar-refractivity contribution in [2.24, 2.45) is 0 Å². The van der Waals surface area contributed by atoms with Gasteiger partial charge in [0.1, 0.15) is 11.6 Å². The van der Waals surface area contributed by atoms with Crippen molar-refractivity contribution in [1.29, 1.82) is 0 Å². The minimum Gasteiger partial charge on any atom is -0.490 e. The van der Waals surface area contributed by atoms with Crippen molar-refractivity contribution in [3.8, 4) is 11.5 Å².